The molecule has 2 aromatic rings. The van der Waals surface area contributed by atoms with E-state index in [1.807, 2.05) is 31.2 Å². The van der Waals surface area contributed by atoms with E-state index in [-0.39, 0.29) is 0 Å². The van der Waals surface area contributed by atoms with Gasteiger partial charge in [-0.15, -0.1) is 0 Å². The number of aliphatic imine (C=N–C) groups is 1. The molecule has 0 spiro atoms. The van der Waals surface area contributed by atoms with E-state index in [0.29, 0.717) is 24.9 Å². The highest BCUT2D eigenvalue weighted by Gasteiger charge is 2.22. The van der Waals surface area contributed by atoms with Gasteiger partial charge in [0.15, 0.2) is 5.96 Å². The molecule has 9 heteroatoms. The van der Waals surface area contributed by atoms with E-state index in [0.717, 1.165) is 17.5 Å². The zero-order chi connectivity index (χ0) is 20.1. The molecule has 3 N–H and O–H groups in total. The number of rotatable bonds is 7. The molecule has 0 fully saturated rings. The van der Waals surface area contributed by atoms with E-state index in [2.05, 4.69) is 25.3 Å². The summed E-state index contributed by atoms with van der Waals surface area (Å²) < 4.78 is 30.9. The van der Waals surface area contributed by atoms with Crippen molar-refractivity contribution in [2.45, 2.75) is 32.9 Å². The first-order valence-corrected chi connectivity index (χ1v) is 10.4. The van der Waals surface area contributed by atoms with Gasteiger partial charge < -0.3 is 15.1 Å². The first-order chi connectivity index (χ1) is 12.6. The van der Waals surface area contributed by atoms with Crippen LogP contribution in [-0.4, -0.2) is 44.7 Å². The topological polar surface area (TPSA) is 109 Å². The molecule has 0 aliphatic carbocycles. The lowest BCUT2D eigenvalue weighted by atomic mass is 10.1. The average molecular weight is 394 g/mol. The Labute approximate surface area is 160 Å². The second-order valence-corrected chi connectivity index (χ2v) is 8.80. The number of hydrogen-bond donors (Lipinski definition) is 3. The third-order valence-corrected chi connectivity index (χ3v) is 4.59. The minimum Gasteiger partial charge on any atom is -0.444 e. The predicted molar refractivity (Wildman–Crippen MR) is 107 cm³/mol. The Morgan fingerprint density at radius 1 is 1.22 bits per heavy atom. The molecule has 8 nitrogen and oxygen atoms in total. The van der Waals surface area contributed by atoms with Crippen LogP contribution in [0.5, 0.6) is 0 Å². The molecule has 0 radical (unpaired) electrons. The summed E-state index contributed by atoms with van der Waals surface area (Å²) >= 11 is 0. The SMILES string of the molecule is CN=C(NCc1coc(-c2ccc(C)cc2)n1)NCC(C)(C)NS(C)(=O)=O. The van der Waals surface area contributed by atoms with Gasteiger partial charge in [-0.1, -0.05) is 17.7 Å². The molecule has 1 aromatic carbocycles. The molecule has 0 saturated carbocycles. The highest BCUT2D eigenvalue weighted by Crippen LogP contribution is 2.18. The van der Waals surface area contributed by atoms with Crippen LogP contribution in [-0.2, 0) is 16.6 Å². The monoisotopic (exact) mass is 393 g/mol. The lowest BCUT2D eigenvalue weighted by Crippen LogP contribution is -2.52. The molecular weight excluding hydrogens is 366 g/mol. The number of oxazole rings is 1. The van der Waals surface area contributed by atoms with Crippen molar-refractivity contribution in [3.63, 3.8) is 0 Å². The molecule has 148 valence electrons. The maximum atomic E-state index is 11.4. The molecular formula is C18H27N5O3S. The maximum Gasteiger partial charge on any atom is 0.226 e. The first kappa shape index (κ1) is 20.9. The van der Waals surface area contributed by atoms with E-state index < -0.39 is 15.6 Å². The number of sulfonamides is 1. The first-order valence-electron chi connectivity index (χ1n) is 8.53. The number of hydrogen-bond acceptors (Lipinski definition) is 5. The Bertz CT molecular complexity index is 886. The van der Waals surface area contributed by atoms with Crippen LogP contribution in [0.25, 0.3) is 11.5 Å². The van der Waals surface area contributed by atoms with Crippen LogP contribution in [0.15, 0.2) is 39.9 Å². The third kappa shape index (κ3) is 7.03. The second-order valence-electron chi connectivity index (χ2n) is 7.05. The summed E-state index contributed by atoms with van der Waals surface area (Å²) in [6.45, 7) is 6.40. The van der Waals surface area contributed by atoms with Crippen molar-refractivity contribution >= 4 is 16.0 Å². The van der Waals surface area contributed by atoms with Crippen LogP contribution >= 0.6 is 0 Å². The smallest absolute Gasteiger partial charge is 0.226 e. The van der Waals surface area contributed by atoms with Crippen LogP contribution < -0.4 is 15.4 Å². The Balaban J connectivity index is 1.90. The third-order valence-electron chi connectivity index (χ3n) is 3.67. The van der Waals surface area contributed by atoms with Gasteiger partial charge in [-0.25, -0.2) is 18.1 Å². The van der Waals surface area contributed by atoms with Crippen molar-refractivity contribution in [3.05, 3.63) is 41.8 Å². The Morgan fingerprint density at radius 3 is 2.48 bits per heavy atom. The van der Waals surface area contributed by atoms with E-state index >= 15 is 0 Å². The summed E-state index contributed by atoms with van der Waals surface area (Å²) in [7, 11) is -1.65. The lowest BCUT2D eigenvalue weighted by Gasteiger charge is -2.26. The minimum absolute atomic E-state index is 0.368. The molecule has 0 saturated heterocycles. The van der Waals surface area contributed by atoms with Crippen molar-refractivity contribution < 1.29 is 12.8 Å². The number of aryl methyl sites for hydroxylation is 1. The number of guanidine groups is 1. The summed E-state index contributed by atoms with van der Waals surface area (Å²) in [5.41, 5.74) is 2.18. The van der Waals surface area contributed by atoms with E-state index in [1.54, 1.807) is 27.2 Å². The zero-order valence-electron chi connectivity index (χ0n) is 16.3. The molecule has 27 heavy (non-hydrogen) atoms. The van der Waals surface area contributed by atoms with Crippen LogP contribution in [0, 0.1) is 6.92 Å². The van der Waals surface area contributed by atoms with Crippen molar-refractivity contribution in [1.82, 2.24) is 20.3 Å². The molecule has 0 aliphatic rings. The van der Waals surface area contributed by atoms with Crippen LogP contribution in [0.2, 0.25) is 0 Å². The highest BCUT2D eigenvalue weighted by molar-refractivity contribution is 7.88. The number of aromatic nitrogens is 1. The number of benzene rings is 1. The minimum atomic E-state index is -3.29. The molecule has 2 rings (SSSR count). The zero-order valence-corrected chi connectivity index (χ0v) is 17.1. The van der Waals surface area contributed by atoms with Gasteiger partial charge in [-0.3, -0.25) is 4.99 Å². The van der Waals surface area contributed by atoms with E-state index in [1.165, 1.54) is 5.56 Å². The molecule has 1 heterocycles. The average Bonchev–Trinajstić information content (AvgIpc) is 3.02. The fourth-order valence-electron chi connectivity index (χ4n) is 2.45. The Hall–Kier alpha value is -2.39. The summed E-state index contributed by atoms with van der Waals surface area (Å²) in [6, 6.07) is 7.95. The molecule has 0 bridgehead atoms. The van der Waals surface area contributed by atoms with Gasteiger partial charge >= 0.3 is 0 Å². The molecule has 0 amide bonds. The van der Waals surface area contributed by atoms with E-state index in [9.17, 15) is 8.42 Å². The molecule has 0 aliphatic heterocycles. The fourth-order valence-corrected chi connectivity index (χ4v) is 3.53. The standard InChI is InChI=1S/C18H27N5O3S/c1-13-6-8-14(9-7-13)16-22-15(11-26-16)10-20-17(19-4)21-12-18(2,3)23-27(5,24)25/h6-9,11,23H,10,12H2,1-5H3,(H2,19,20,21). The van der Waals surface area contributed by atoms with E-state index in [4.69, 9.17) is 4.42 Å². The predicted octanol–water partition coefficient (Wildman–Crippen LogP) is 1.64. The second kappa shape index (κ2) is 8.53. The lowest BCUT2D eigenvalue weighted by molar-refractivity contribution is 0.446. The Morgan fingerprint density at radius 2 is 1.89 bits per heavy atom. The quantitative estimate of drug-likeness (QED) is 0.487. The van der Waals surface area contributed by atoms with Crippen LogP contribution in [0.3, 0.4) is 0 Å². The van der Waals surface area contributed by atoms with Gasteiger partial charge in [0, 0.05) is 24.7 Å². The largest absolute Gasteiger partial charge is 0.444 e. The van der Waals surface area contributed by atoms with Crippen molar-refractivity contribution in [2.75, 3.05) is 19.8 Å². The summed E-state index contributed by atoms with van der Waals surface area (Å²) in [6.07, 6.45) is 2.74. The maximum absolute atomic E-state index is 11.4. The van der Waals surface area contributed by atoms with Crippen LogP contribution in [0.1, 0.15) is 25.1 Å². The van der Waals surface area contributed by atoms with Crippen molar-refractivity contribution in [3.8, 4) is 11.5 Å². The molecule has 0 unspecified atom stereocenters. The summed E-state index contributed by atoms with van der Waals surface area (Å²) in [4.78, 5) is 8.61. The van der Waals surface area contributed by atoms with Gasteiger partial charge in [-0.2, -0.15) is 0 Å². The summed E-state index contributed by atoms with van der Waals surface area (Å²) in [5.74, 6) is 1.10. The van der Waals surface area contributed by atoms with Crippen LogP contribution in [0.4, 0.5) is 0 Å². The molecule has 1 aromatic heterocycles. The molecule has 0 atom stereocenters. The van der Waals surface area contributed by atoms with Crippen molar-refractivity contribution in [1.29, 1.82) is 0 Å². The highest BCUT2D eigenvalue weighted by atomic mass is 32.2. The normalized spacial score (nSPS) is 12.9. The number of nitrogens with zero attached hydrogens (tertiary/aromatic N) is 2. The van der Waals surface area contributed by atoms with Crippen molar-refractivity contribution in [2.24, 2.45) is 4.99 Å². The van der Waals surface area contributed by atoms with Gasteiger partial charge in [0.05, 0.1) is 18.5 Å². The number of nitrogens with one attached hydrogen (secondary N) is 3. The van der Waals surface area contributed by atoms with Gasteiger partial charge in [0.25, 0.3) is 0 Å². The summed E-state index contributed by atoms with van der Waals surface area (Å²) in [5, 5.41) is 6.23. The fraction of sp³-hybridized carbons (Fsp3) is 0.444. The Kier molecular flexibility index (Phi) is 6.61. The van der Waals surface area contributed by atoms with Gasteiger partial charge in [-0.05, 0) is 32.9 Å². The van der Waals surface area contributed by atoms with Gasteiger partial charge in [0.2, 0.25) is 15.9 Å². The van der Waals surface area contributed by atoms with Gasteiger partial charge in [0.1, 0.15) is 6.26 Å².